The van der Waals surface area contributed by atoms with Crippen molar-refractivity contribution in [3.05, 3.63) is 0 Å². The molecule has 0 saturated carbocycles. The van der Waals surface area contributed by atoms with Crippen molar-refractivity contribution in [2.45, 2.75) is 26.3 Å². The van der Waals surface area contributed by atoms with E-state index in [4.69, 9.17) is 0 Å². The summed E-state index contributed by atoms with van der Waals surface area (Å²) in [6, 6.07) is 0.0816. The summed E-state index contributed by atoms with van der Waals surface area (Å²) in [5.41, 5.74) is 0. The number of piperazine rings is 1. The molecule has 7 heteroatoms. The zero-order chi connectivity index (χ0) is 12.2. The van der Waals surface area contributed by atoms with E-state index in [-0.39, 0.29) is 35.9 Å². The molecule has 1 atom stereocenters. The van der Waals surface area contributed by atoms with Crippen molar-refractivity contribution in [2.75, 3.05) is 31.1 Å². The van der Waals surface area contributed by atoms with Gasteiger partial charge in [0.2, 0.25) is 5.91 Å². The lowest BCUT2D eigenvalue weighted by Crippen LogP contribution is -2.53. The number of carbonyl (C=O) groups is 1. The molecule has 17 heavy (non-hydrogen) atoms. The molecule has 5 nitrogen and oxygen atoms in total. The molecule has 0 aromatic carbocycles. The topological polar surface area (TPSA) is 66.5 Å². The van der Waals surface area contributed by atoms with Crippen molar-refractivity contribution < 1.29 is 13.2 Å². The SMILES string of the molecule is CCCS(=O)(=O)CC(=O)N1CCNCC1C.Cl. The van der Waals surface area contributed by atoms with Crippen molar-refractivity contribution >= 4 is 28.2 Å². The lowest BCUT2D eigenvalue weighted by Gasteiger charge is -2.33. The van der Waals surface area contributed by atoms with Crippen LogP contribution in [0, 0.1) is 0 Å². The van der Waals surface area contributed by atoms with E-state index < -0.39 is 9.84 Å². The van der Waals surface area contributed by atoms with Crippen LogP contribution in [0.1, 0.15) is 20.3 Å². The third-order valence-corrected chi connectivity index (χ3v) is 4.40. The second-order valence-electron chi connectivity index (χ2n) is 4.23. The number of halogens is 1. The molecular formula is C10H21ClN2O3S. The monoisotopic (exact) mass is 284 g/mol. The molecule has 0 spiro atoms. The number of sulfone groups is 1. The molecule has 0 aliphatic carbocycles. The van der Waals surface area contributed by atoms with Crippen molar-refractivity contribution in [1.82, 2.24) is 10.2 Å². The summed E-state index contributed by atoms with van der Waals surface area (Å²) in [7, 11) is -3.22. The van der Waals surface area contributed by atoms with Crippen LogP contribution in [0.3, 0.4) is 0 Å². The van der Waals surface area contributed by atoms with Crippen LogP contribution < -0.4 is 5.32 Å². The quantitative estimate of drug-likeness (QED) is 0.792. The molecule has 1 heterocycles. The van der Waals surface area contributed by atoms with Crippen molar-refractivity contribution in [2.24, 2.45) is 0 Å². The van der Waals surface area contributed by atoms with Crippen LogP contribution >= 0.6 is 12.4 Å². The molecule has 1 unspecified atom stereocenters. The van der Waals surface area contributed by atoms with Gasteiger partial charge in [-0.1, -0.05) is 6.92 Å². The van der Waals surface area contributed by atoms with Gasteiger partial charge < -0.3 is 10.2 Å². The number of amides is 1. The van der Waals surface area contributed by atoms with Crippen molar-refractivity contribution in [3.63, 3.8) is 0 Å². The number of carbonyl (C=O) groups excluding carboxylic acids is 1. The molecule has 1 fully saturated rings. The van der Waals surface area contributed by atoms with Crippen LogP contribution in [0.2, 0.25) is 0 Å². The van der Waals surface area contributed by atoms with Gasteiger partial charge in [0.05, 0.1) is 5.75 Å². The molecule has 0 radical (unpaired) electrons. The van der Waals surface area contributed by atoms with Gasteiger partial charge in [0.15, 0.2) is 9.84 Å². The smallest absolute Gasteiger partial charge is 0.238 e. The zero-order valence-corrected chi connectivity index (χ0v) is 11.9. The fourth-order valence-electron chi connectivity index (χ4n) is 1.87. The van der Waals surface area contributed by atoms with Crippen molar-refractivity contribution in [3.8, 4) is 0 Å². The minimum absolute atomic E-state index is 0. The third kappa shape index (κ3) is 5.23. The molecule has 1 amide bonds. The van der Waals surface area contributed by atoms with Crippen LogP contribution in [0.15, 0.2) is 0 Å². The van der Waals surface area contributed by atoms with E-state index in [9.17, 15) is 13.2 Å². The lowest BCUT2D eigenvalue weighted by atomic mass is 10.2. The average Bonchev–Trinajstić information content (AvgIpc) is 2.17. The minimum Gasteiger partial charge on any atom is -0.337 e. The average molecular weight is 285 g/mol. The summed E-state index contributed by atoms with van der Waals surface area (Å²) in [5.74, 6) is -0.507. The Kier molecular flexibility index (Phi) is 7.04. The lowest BCUT2D eigenvalue weighted by molar-refractivity contribution is -0.131. The van der Waals surface area contributed by atoms with E-state index >= 15 is 0 Å². The minimum atomic E-state index is -3.22. The molecule has 1 rings (SSSR count). The predicted octanol–water partition coefficient (Wildman–Crippen LogP) is 0.0533. The van der Waals surface area contributed by atoms with E-state index in [0.29, 0.717) is 13.0 Å². The predicted molar refractivity (Wildman–Crippen MR) is 70.2 cm³/mol. The number of rotatable bonds is 4. The van der Waals surface area contributed by atoms with Gasteiger partial charge in [0, 0.05) is 25.7 Å². The van der Waals surface area contributed by atoms with Gasteiger partial charge in [-0.3, -0.25) is 4.79 Å². The standard InChI is InChI=1S/C10H20N2O3S.ClH/c1-3-6-16(14,15)8-10(13)12-5-4-11-7-9(12)2;/h9,11H,3-8H2,1-2H3;1H. The third-order valence-electron chi connectivity index (χ3n) is 2.68. The highest BCUT2D eigenvalue weighted by atomic mass is 35.5. The summed E-state index contributed by atoms with van der Waals surface area (Å²) in [4.78, 5) is 13.5. The first-order chi connectivity index (χ1) is 7.46. The van der Waals surface area contributed by atoms with Crippen LogP contribution in [0.5, 0.6) is 0 Å². The highest BCUT2D eigenvalue weighted by Crippen LogP contribution is 2.05. The second-order valence-corrected chi connectivity index (χ2v) is 6.42. The summed E-state index contributed by atoms with van der Waals surface area (Å²) in [6.45, 7) is 5.80. The molecule has 0 aromatic rings. The molecular weight excluding hydrogens is 264 g/mol. The fourth-order valence-corrected chi connectivity index (χ4v) is 3.17. The highest BCUT2D eigenvalue weighted by Gasteiger charge is 2.26. The van der Waals surface area contributed by atoms with Gasteiger partial charge >= 0.3 is 0 Å². The number of nitrogens with zero attached hydrogens (tertiary/aromatic N) is 1. The summed E-state index contributed by atoms with van der Waals surface area (Å²) in [6.07, 6.45) is 0.562. The van der Waals surface area contributed by atoms with Crippen LogP contribution in [-0.4, -0.2) is 56.4 Å². The van der Waals surface area contributed by atoms with Gasteiger partial charge in [-0.2, -0.15) is 0 Å². The van der Waals surface area contributed by atoms with E-state index in [1.54, 1.807) is 11.8 Å². The van der Waals surface area contributed by atoms with E-state index in [1.807, 2.05) is 6.92 Å². The van der Waals surface area contributed by atoms with Crippen molar-refractivity contribution in [1.29, 1.82) is 0 Å². The Labute approximate surface area is 109 Å². The van der Waals surface area contributed by atoms with Gasteiger partial charge in [0.25, 0.3) is 0 Å². The maximum atomic E-state index is 11.8. The molecule has 1 saturated heterocycles. The van der Waals surface area contributed by atoms with E-state index in [0.717, 1.165) is 13.1 Å². The van der Waals surface area contributed by atoms with Gasteiger partial charge in [-0.15, -0.1) is 12.4 Å². The molecule has 0 aromatic heterocycles. The Hall–Kier alpha value is -0.330. The van der Waals surface area contributed by atoms with E-state index in [2.05, 4.69) is 5.32 Å². The first-order valence-corrected chi connectivity index (χ1v) is 7.49. The van der Waals surface area contributed by atoms with Gasteiger partial charge in [0.1, 0.15) is 5.75 Å². The van der Waals surface area contributed by atoms with E-state index in [1.165, 1.54) is 0 Å². The van der Waals surface area contributed by atoms with Gasteiger partial charge in [-0.25, -0.2) is 8.42 Å². The van der Waals surface area contributed by atoms with Crippen LogP contribution in [0.25, 0.3) is 0 Å². The zero-order valence-electron chi connectivity index (χ0n) is 10.3. The number of hydrogen-bond acceptors (Lipinski definition) is 4. The van der Waals surface area contributed by atoms with Crippen LogP contribution in [-0.2, 0) is 14.6 Å². The highest BCUT2D eigenvalue weighted by molar-refractivity contribution is 7.92. The molecule has 102 valence electrons. The second kappa shape index (κ2) is 7.18. The maximum Gasteiger partial charge on any atom is 0.238 e. The molecule has 1 N–H and O–H groups in total. The summed E-state index contributed by atoms with van der Waals surface area (Å²) >= 11 is 0. The molecule has 0 bridgehead atoms. The Morgan fingerprint density at radius 3 is 2.65 bits per heavy atom. The Balaban J connectivity index is 0.00000256. The van der Waals surface area contributed by atoms with Crippen LogP contribution in [0.4, 0.5) is 0 Å². The maximum absolute atomic E-state index is 11.8. The Bertz CT molecular complexity index is 345. The number of hydrogen-bond donors (Lipinski definition) is 1. The summed E-state index contributed by atoms with van der Waals surface area (Å²) in [5, 5.41) is 3.16. The summed E-state index contributed by atoms with van der Waals surface area (Å²) < 4.78 is 23.1. The molecule has 1 aliphatic rings. The molecule has 1 aliphatic heterocycles. The first-order valence-electron chi connectivity index (χ1n) is 5.67. The Morgan fingerprint density at radius 1 is 1.47 bits per heavy atom. The largest absolute Gasteiger partial charge is 0.337 e. The first kappa shape index (κ1) is 16.7. The number of nitrogens with one attached hydrogen (secondary N) is 1. The fraction of sp³-hybridized carbons (Fsp3) is 0.900. The van der Waals surface area contributed by atoms with Gasteiger partial charge in [-0.05, 0) is 13.3 Å². The normalized spacial score (nSPS) is 20.8. The Morgan fingerprint density at radius 2 is 2.12 bits per heavy atom.